The summed E-state index contributed by atoms with van der Waals surface area (Å²) in [7, 11) is 0. The van der Waals surface area contributed by atoms with Crippen molar-refractivity contribution in [1.82, 2.24) is 4.57 Å². The maximum atomic E-state index is 2.40. The lowest BCUT2D eigenvalue weighted by Gasteiger charge is -2.25. The highest BCUT2D eigenvalue weighted by atomic mass is 32.1. The Morgan fingerprint density at radius 3 is 1.67 bits per heavy atom. The SMILES string of the molecule is c1ccc(-c2ccc(N(c3ccccc3)c3ccc4c(c3)sc3ccc(-n5c6ccccc6c6ccccc65)cc34)cc2)cc1. The second kappa shape index (κ2) is 10.5. The zero-order valence-corrected chi connectivity index (χ0v) is 25.3. The summed E-state index contributed by atoms with van der Waals surface area (Å²) in [6, 6.07) is 61.3. The van der Waals surface area contributed by atoms with Crippen molar-refractivity contribution >= 4 is 70.4 Å². The summed E-state index contributed by atoms with van der Waals surface area (Å²) < 4.78 is 4.98. The predicted molar refractivity (Wildman–Crippen MR) is 194 cm³/mol. The fourth-order valence-corrected chi connectivity index (χ4v) is 7.81. The van der Waals surface area contributed by atoms with Gasteiger partial charge in [-0.2, -0.15) is 0 Å². The van der Waals surface area contributed by atoms with Gasteiger partial charge in [-0.15, -0.1) is 11.3 Å². The van der Waals surface area contributed by atoms with Gasteiger partial charge in [0.1, 0.15) is 0 Å². The van der Waals surface area contributed by atoms with Crippen LogP contribution in [0.2, 0.25) is 0 Å². The lowest BCUT2D eigenvalue weighted by atomic mass is 10.0. The second-order valence-electron chi connectivity index (χ2n) is 11.4. The van der Waals surface area contributed by atoms with Gasteiger partial charge >= 0.3 is 0 Å². The molecule has 0 aliphatic heterocycles. The van der Waals surface area contributed by atoms with E-state index >= 15 is 0 Å². The van der Waals surface area contributed by atoms with Crippen LogP contribution in [0.25, 0.3) is 58.8 Å². The number of rotatable bonds is 5. The van der Waals surface area contributed by atoms with E-state index in [-0.39, 0.29) is 0 Å². The quantitative estimate of drug-likeness (QED) is 0.193. The fourth-order valence-electron chi connectivity index (χ4n) is 6.69. The molecule has 0 aliphatic carbocycles. The number of aromatic nitrogens is 1. The Hall–Kier alpha value is -5.64. The summed E-state index contributed by atoms with van der Waals surface area (Å²) in [6.45, 7) is 0. The van der Waals surface area contributed by atoms with Crippen molar-refractivity contribution < 1.29 is 0 Å². The van der Waals surface area contributed by atoms with Gasteiger partial charge in [0.25, 0.3) is 0 Å². The monoisotopic (exact) mass is 592 g/mol. The molecule has 9 aromatic rings. The van der Waals surface area contributed by atoms with Crippen LogP contribution in [0.1, 0.15) is 0 Å². The summed E-state index contributed by atoms with van der Waals surface area (Å²) in [6.07, 6.45) is 0. The molecule has 0 amide bonds. The molecule has 45 heavy (non-hydrogen) atoms. The Morgan fingerprint density at radius 2 is 0.956 bits per heavy atom. The first-order valence-electron chi connectivity index (χ1n) is 15.3. The molecule has 0 unspecified atom stereocenters. The van der Waals surface area contributed by atoms with E-state index < -0.39 is 0 Å². The fraction of sp³-hybridized carbons (Fsp3) is 0. The van der Waals surface area contributed by atoms with Crippen molar-refractivity contribution in [3.63, 3.8) is 0 Å². The normalized spacial score (nSPS) is 11.6. The first kappa shape index (κ1) is 25.8. The minimum atomic E-state index is 1.13. The number of fused-ring (bicyclic) bond motifs is 6. The average Bonchev–Trinajstić information content (AvgIpc) is 3.64. The predicted octanol–water partition coefficient (Wildman–Crippen LogP) is 12.3. The molecule has 0 bridgehead atoms. The highest BCUT2D eigenvalue weighted by molar-refractivity contribution is 7.25. The maximum Gasteiger partial charge on any atom is 0.0541 e. The van der Waals surface area contributed by atoms with Crippen molar-refractivity contribution in [1.29, 1.82) is 0 Å². The van der Waals surface area contributed by atoms with Gasteiger partial charge in [-0.3, -0.25) is 0 Å². The zero-order chi connectivity index (χ0) is 29.7. The Kier molecular flexibility index (Phi) is 6.03. The summed E-state index contributed by atoms with van der Waals surface area (Å²) in [5.74, 6) is 0. The van der Waals surface area contributed by atoms with Gasteiger partial charge in [0.05, 0.1) is 11.0 Å². The summed E-state index contributed by atoms with van der Waals surface area (Å²) in [5, 5.41) is 5.14. The number of hydrogen-bond acceptors (Lipinski definition) is 2. The van der Waals surface area contributed by atoms with E-state index in [1.165, 1.54) is 58.8 Å². The molecule has 0 saturated heterocycles. The molecular formula is C42H28N2S. The average molecular weight is 593 g/mol. The Balaban J connectivity index is 1.17. The topological polar surface area (TPSA) is 8.17 Å². The maximum absolute atomic E-state index is 2.40. The molecule has 2 aromatic heterocycles. The van der Waals surface area contributed by atoms with Crippen molar-refractivity contribution in [3.8, 4) is 16.8 Å². The molecule has 3 heteroatoms. The van der Waals surface area contributed by atoms with Crippen LogP contribution >= 0.6 is 11.3 Å². The molecule has 0 N–H and O–H groups in total. The number of nitrogens with zero attached hydrogens (tertiary/aromatic N) is 2. The van der Waals surface area contributed by atoms with E-state index in [0.29, 0.717) is 0 Å². The van der Waals surface area contributed by atoms with Gasteiger partial charge in [-0.05, 0) is 77.9 Å². The second-order valence-corrected chi connectivity index (χ2v) is 12.5. The molecule has 0 saturated carbocycles. The largest absolute Gasteiger partial charge is 0.310 e. The van der Waals surface area contributed by atoms with Crippen LogP contribution in [0, 0.1) is 0 Å². The molecule has 0 atom stereocenters. The highest BCUT2D eigenvalue weighted by Gasteiger charge is 2.16. The van der Waals surface area contributed by atoms with Crippen LogP contribution in [0.3, 0.4) is 0 Å². The van der Waals surface area contributed by atoms with Gasteiger partial charge in [0.15, 0.2) is 0 Å². The Labute approximate surface area is 265 Å². The van der Waals surface area contributed by atoms with E-state index in [1.807, 2.05) is 11.3 Å². The summed E-state index contributed by atoms with van der Waals surface area (Å²) in [5.41, 5.74) is 9.51. The molecule has 2 heterocycles. The van der Waals surface area contributed by atoms with Crippen molar-refractivity contribution in [2.75, 3.05) is 4.90 Å². The third-order valence-corrected chi connectivity index (χ3v) is 9.92. The first-order chi connectivity index (χ1) is 22.3. The van der Waals surface area contributed by atoms with Crippen LogP contribution in [0.4, 0.5) is 17.1 Å². The highest BCUT2D eigenvalue weighted by Crippen LogP contribution is 2.42. The smallest absolute Gasteiger partial charge is 0.0541 e. The molecule has 7 aromatic carbocycles. The molecule has 0 aliphatic rings. The van der Waals surface area contributed by atoms with Crippen LogP contribution in [-0.4, -0.2) is 4.57 Å². The molecule has 0 spiro atoms. The molecule has 212 valence electrons. The van der Waals surface area contributed by atoms with E-state index in [2.05, 4.69) is 179 Å². The molecule has 0 fully saturated rings. The van der Waals surface area contributed by atoms with Gasteiger partial charge in [-0.25, -0.2) is 0 Å². The van der Waals surface area contributed by atoms with Crippen LogP contribution in [0.15, 0.2) is 170 Å². The number of para-hydroxylation sites is 3. The third kappa shape index (κ3) is 4.32. The minimum Gasteiger partial charge on any atom is -0.310 e. The third-order valence-electron chi connectivity index (χ3n) is 8.78. The molecule has 2 nitrogen and oxygen atoms in total. The molecule has 0 radical (unpaired) electrons. The summed E-state index contributed by atoms with van der Waals surface area (Å²) in [4.78, 5) is 2.35. The van der Waals surface area contributed by atoms with Gasteiger partial charge in [0.2, 0.25) is 0 Å². The molecular weight excluding hydrogens is 565 g/mol. The lowest BCUT2D eigenvalue weighted by molar-refractivity contribution is 1.19. The zero-order valence-electron chi connectivity index (χ0n) is 24.5. The number of anilines is 3. The van der Waals surface area contributed by atoms with E-state index in [4.69, 9.17) is 0 Å². The van der Waals surface area contributed by atoms with E-state index in [0.717, 1.165) is 17.1 Å². The standard InChI is InChI=1S/C42H28N2S/c1-3-11-29(12-4-1)30-19-21-32(22-20-30)43(31-13-5-2-6-14-31)34-23-25-37-38-27-33(24-26-41(38)45-42(37)28-34)44-39-17-9-7-15-35(39)36-16-8-10-18-40(36)44/h1-28H. The van der Waals surface area contributed by atoms with Crippen molar-refractivity contribution in [2.45, 2.75) is 0 Å². The Bertz CT molecular complexity index is 2420. The lowest BCUT2D eigenvalue weighted by Crippen LogP contribution is -2.09. The van der Waals surface area contributed by atoms with Crippen molar-refractivity contribution in [2.24, 2.45) is 0 Å². The number of hydrogen-bond donors (Lipinski definition) is 0. The van der Waals surface area contributed by atoms with Crippen LogP contribution in [-0.2, 0) is 0 Å². The van der Waals surface area contributed by atoms with E-state index in [1.54, 1.807) is 0 Å². The number of benzene rings is 7. The summed E-state index contributed by atoms with van der Waals surface area (Å²) >= 11 is 1.86. The van der Waals surface area contributed by atoms with Gasteiger partial charge in [0, 0.05) is 53.7 Å². The first-order valence-corrected chi connectivity index (χ1v) is 16.1. The van der Waals surface area contributed by atoms with Gasteiger partial charge in [-0.1, -0.05) is 103 Å². The van der Waals surface area contributed by atoms with E-state index in [9.17, 15) is 0 Å². The van der Waals surface area contributed by atoms with Gasteiger partial charge < -0.3 is 9.47 Å². The Morgan fingerprint density at radius 1 is 0.378 bits per heavy atom. The van der Waals surface area contributed by atoms with Crippen molar-refractivity contribution in [3.05, 3.63) is 170 Å². The minimum absolute atomic E-state index is 1.13. The van der Waals surface area contributed by atoms with Crippen LogP contribution < -0.4 is 4.90 Å². The van der Waals surface area contributed by atoms with Crippen LogP contribution in [0.5, 0.6) is 0 Å². The molecule has 9 rings (SSSR count). The number of thiophene rings is 1.